The summed E-state index contributed by atoms with van der Waals surface area (Å²) in [6.45, 7) is 2.42. The van der Waals surface area contributed by atoms with Crippen LogP contribution < -0.4 is 0 Å². The van der Waals surface area contributed by atoms with Gasteiger partial charge in [-0.15, -0.1) is 0 Å². The highest BCUT2D eigenvalue weighted by Crippen LogP contribution is 2.29. The topological polar surface area (TPSA) is 62.6 Å². The molecule has 0 N–H and O–H groups in total. The Kier molecular flexibility index (Phi) is 6.49. The molecule has 3 aromatic rings. The van der Waals surface area contributed by atoms with E-state index in [0.29, 0.717) is 36.7 Å². The molecule has 34 heavy (non-hydrogen) atoms. The number of hydrogen-bond donors (Lipinski definition) is 0. The molecule has 0 radical (unpaired) electrons. The Balaban J connectivity index is 1.15. The number of nitrogens with zero attached hydrogens (tertiary/aromatic N) is 3. The summed E-state index contributed by atoms with van der Waals surface area (Å²) in [6.07, 6.45) is 6.27. The molecule has 3 heterocycles. The lowest BCUT2D eigenvalue weighted by molar-refractivity contribution is -0.138. The third kappa shape index (κ3) is 4.64. The van der Waals surface area contributed by atoms with Crippen molar-refractivity contribution in [2.24, 2.45) is 18.9 Å². The van der Waals surface area contributed by atoms with Crippen LogP contribution in [0.15, 0.2) is 65.7 Å². The first-order valence-corrected chi connectivity index (χ1v) is 13.7. The Labute approximate surface area is 202 Å². The van der Waals surface area contributed by atoms with Crippen molar-refractivity contribution < 1.29 is 13.2 Å². The molecule has 2 fully saturated rings. The van der Waals surface area contributed by atoms with E-state index in [1.54, 1.807) is 16.4 Å². The number of carbonyl (C=O) groups excluding carboxylic acids is 1. The van der Waals surface area contributed by atoms with Crippen molar-refractivity contribution in [1.29, 1.82) is 0 Å². The molecule has 180 valence electrons. The number of fused-ring (bicyclic) bond motifs is 1. The van der Waals surface area contributed by atoms with Gasteiger partial charge >= 0.3 is 0 Å². The first-order chi connectivity index (χ1) is 16.4. The van der Waals surface area contributed by atoms with Crippen LogP contribution in [-0.4, -0.2) is 54.3 Å². The largest absolute Gasteiger partial charge is 0.351 e. The minimum Gasteiger partial charge on any atom is -0.351 e. The molecule has 0 spiro atoms. The molecule has 2 aliphatic heterocycles. The van der Waals surface area contributed by atoms with Crippen LogP contribution in [0.5, 0.6) is 0 Å². The molecule has 0 unspecified atom stereocenters. The zero-order valence-corrected chi connectivity index (χ0v) is 20.6. The van der Waals surface area contributed by atoms with Crippen molar-refractivity contribution in [3.8, 4) is 0 Å². The van der Waals surface area contributed by atoms with Gasteiger partial charge in [0.25, 0.3) is 0 Å². The standard InChI is InChI=1S/C27H33N3O3S/c1-28-14-11-24-20-25(7-8-26(24)28)34(32,33)30-17-12-23(13-18-30)27(31)29-15-9-22(10-16-29)19-21-5-3-2-4-6-21/h2-8,11,14,20,22-23H,9-10,12-13,15-19H2,1H3. The number of benzene rings is 2. The van der Waals surface area contributed by atoms with Crippen LogP contribution >= 0.6 is 0 Å². The van der Waals surface area contributed by atoms with E-state index in [1.807, 2.05) is 40.9 Å². The SMILES string of the molecule is Cn1ccc2cc(S(=O)(=O)N3CCC(C(=O)N4CCC(Cc5ccccc5)CC4)CC3)ccc21. The first kappa shape index (κ1) is 23.1. The summed E-state index contributed by atoms with van der Waals surface area (Å²) in [6, 6.07) is 17.8. The summed E-state index contributed by atoms with van der Waals surface area (Å²) in [5.74, 6) is 0.759. The van der Waals surface area contributed by atoms with Gasteiger partial charge in [-0.3, -0.25) is 4.79 Å². The molecule has 0 atom stereocenters. The molecule has 1 amide bonds. The van der Waals surface area contributed by atoms with E-state index in [-0.39, 0.29) is 11.8 Å². The molecule has 0 aliphatic carbocycles. The van der Waals surface area contributed by atoms with Gasteiger partial charge in [-0.05, 0) is 67.9 Å². The van der Waals surface area contributed by atoms with Gasteiger partial charge in [0.1, 0.15) is 0 Å². The number of sulfonamides is 1. The number of carbonyl (C=O) groups is 1. The van der Waals surface area contributed by atoms with Gasteiger partial charge in [0.2, 0.25) is 15.9 Å². The van der Waals surface area contributed by atoms with Gasteiger partial charge in [0, 0.05) is 56.2 Å². The second-order valence-electron chi connectivity index (χ2n) is 9.78. The number of amides is 1. The zero-order valence-electron chi connectivity index (χ0n) is 19.8. The highest BCUT2D eigenvalue weighted by Gasteiger charge is 2.35. The minimum atomic E-state index is -3.56. The van der Waals surface area contributed by atoms with E-state index >= 15 is 0 Å². The molecule has 6 nitrogen and oxygen atoms in total. The summed E-state index contributed by atoms with van der Waals surface area (Å²) in [7, 11) is -1.61. The summed E-state index contributed by atoms with van der Waals surface area (Å²) in [4.78, 5) is 15.5. The normalized spacial score (nSPS) is 19.0. The highest BCUT2D eigenvalue weighted by atomic mass is 32.2. The molecule has 2 aromatic carbocycles. The van der Waals surface area contributed by atoms with Crippen molar-refractivity contribution >= 4 is 26.8 Å². The Morgan fingerprint density at radius 1 is 0.912 bits per heavy atom. The first-order valence-electron chi connectivity index (χ1n) is 12.3. The van der Waals surface area contributed by atoms with E-state index in [2.05, 4.69) is 24.3 Å². The maximum atomic E-state index is 13.2. The van der Waals surface area contributed by atoms with Crippen molar-refractivity contribution in [2.45, 2.75) is 37.0 Å². The lowest BCUT2D eigenvalue weighted by atomic mass is 9.89. The zero-order chi connectivity index (χ0) is 23.7. The summed E-state index contributed by atoms with van der Waals surface area (Å²) in [5.41, 5.74) is 2.38. The Bertz CT molecular complexity index is 1250. The maximum absolute atomic E-state index is 13.2. The smallest absolute Gasteiger partial charge is 0.243 e. The number of aromatic nitrogens is 1. The number of piperidine rings is 2. The summed E-state index contributed by atoms with van der Waals surface area (Å²) >= 11 is 0. The quantitative estimate of drug-likeness (QED) is 0.554. The average Bonchev–Trinajstić information content (AvgIpc) is 3.25. The fraction of sp³-hybridized carbons (Fsp3) is 0.444. The summed E-state index contributed by atoms with van der Waals surface area (Å²) < 4.78 is 30.0. The number of likely N-dealkylation sites (tertiary alicyclic amines) is 1. The molecular formula is C27H33N3O3S. The Morgan fingerprint density at radius 2 is 1.62 bits per heavy atom. The third-order valence-corrected chi connectivity index (χ3v) is 9.49. The predicted octanol–water partition coefficient (Wildman–Crippen LogP) is 4.06. The summed E-state index contributed by atoms with van der Waals surface area (Å²) in [5, 5.41) is 0.921. The molecule has 2 saturated heterocycles. The van der Waals surface area contributed by atoms with Gasteiger partial charge in [-0.25, -0.2) is 8.42 Å². The molecule has 7 heteroatoms. The van der Waals surface area contributed by atoms with E-state index in [4.69, 9.17) is 0 Å². The maximum Gasteiger partial charge on any atom is 0.243 e. The van der Waals surface area contributed by atoms with Crippen LogP contribution in [0.1, 0.15) is 31.2 Å². The predicted molar refractivity (Wildman–Crippen MR) is 134 cm³/mol. The van der Waals surface area contributed by atoms with E-state index in [0.717, 1.165) is 43.3 Å². The van der Waals surface area contributed by atoms with Gasteiger partial charge in [-0.2, -0.15) is 4.31 Å². The lowest BCUT2D eigenvalue weighted by Crippen LogP contribution is -2.46. The Hall–Kier alpha value is -2.64. The van der Waals surface area contributed by atoms with E-state index < -0.39 is 10.0 Å². The molecular weight excluding hydrogens is 446 g/mol. The molecule has 0 bridgehead atoms. The van der Waals surface area contributed by atoms with Crippen molar-refractivity contribution in [3.63, 3.8) is 0 Å². The van der Waals surface area contributed by atoms with Gasteiger partial charge < -0.3 is 9.47 Å². The number of aryl methyl sites for hydroxylation is 1. The van der Waals surface area contributed by atoms with Crippen molar-refractivity contribution in [3.05, 3.63) is 66.4 Å². The van der Waals surface area contributed by atoms with E-state index in [1.165, 1.54) is 5.56 Å². The van der Waals surface area contributed by atoms with Crippen molar-refractivity contribution in [2.75, 3.05) is 26.2 Å². The lowest BCUT2D eigenvalue weighted by Gasteiger charge is -2.37. The van der Waals surface area contributed by atoms with Gasteiger partial charge in [0.05, 0.1) is 4.90 Å². The van der Waals surface area contributed by atoms with Crippen LogP contribution in [0, 0.1) is 11.8 Å². The third-order valence-electron chi connectivity index (χ3n) is 7.59. The van der Waals surface area contributed by atoms with Crippen LogP contribution in [0.4, 0.5) is 0 Å². The fourth-order valence-corrected chi connectivity index (χ4v) is 6.98. The molecule has 0 saturated carbocycles. The average molecular weight is 480 g/mol. The minimum absolute atomic E-state index is 0.0753. The van der Waals surface area contributed by atoms with E-state index in [9.17, 15) is 13.2 Å². The second kappa shape index (κ2) is 9.55. The van der Waals surface area contributed by atoms with Gasteiger partial charge in [-0.1, -0.05) is 30.3 Å². The number of rotatable bonds is 5. The molecule has 5 rings (SSSR count). The van der Waals surface area contributed by atoms with Crippen LogP contribution in [-0.2, 0) is 28.3 Å². The Morgan fingerprint density at radius 3 is 2.32 bits per heavy atom. The molecule has 1 aromatic heterocycles. The van der Waals surface area contributed by atoms with Crippen LogP contribution in [0.2, 0.25) is 0 Å². The fourth-order valence-electron chi connectivity index (χ4n) is 5.48. The molecule has 2 aliphatic rings. The second-order valence-corrected chi connectivity index (χ2v) is 11.7. The monoisotopic (exact) mass is 479 g/mol. The van der Waals surface area contributed by atoms with Crippen LogP contribution in [0.25, 0.3) is 10.9 Å². The van der Waals surface area contributed by atoms with Crippen molar-refractivity contribution in [1.82, 2.24) is 13.8 Å². The van der Waals surface area contributed by atoms with Crippen LogP contribution in [0.3, 0.4) is 0 Å². The van der Waals surface area contributed by atoms with Gasteiger partial charge in [0.15, 0.2) is 0 Å². The highest BCUT2D eigenvalue weighted by molar-refractivity contribution is 7.89. The number of hydrogen-bond acceptors (Lipinski definition) is 3.